The third-order valence-electron chi connectivity index (χ3n) is 3.37. The Kier molecular flexibility index (Phi) is 8.23. The van der Waals surface area contributed by atoms with Crippen LogP contribution in [0.25, 0.3) is 0 Å². The van der Waals surface area contributed by atoms with Crippen LogP contribution in [0.15, 0.2) is 60.0 Å². The van der Waals surface area contributed by atoms with Crippen LogP contribution in [0.1, 0.15) is 5.56 Å². The number of hydrogen-bond acceptors (Lipinski definition) is 5. The lowest BCUT2D eigenvalue weighted by Crippen LogP contribution is -2.23. The summed E-state index contributed by atoms with van der Waals surface area (Å²) in [4.78, 5) is 24.7. The van der Waals surface area contributed by atoms with E-state index in [1.165, 1.54) is 0 Å². The molecule has 2 aromatic carbocycles. The largest absolute Gasteiger partial charge is 0.482 e. The second-order valence-electron chi connectivity index (χ2n) is 5.50. The van der Waals surface area contributed by atoms with Gasteiger partial charge in [0.25, 0.3) is 5.91 Å². The zero-order chi connectivity index (χ0) is 19.6. The summed E-state index contributed by atoms with van der Waals surface area (Å²) in [7, 11) is 0. The van der Waals surface area contributed by atoms with E-state index in [0.717, 1.165) is 16.2 Å². The van der Waals surface area contributed by atoms with Crippen molar-refractivity contribution in [3.8, 4) is 5.75 Å². The first-order valence-electron chi connectivity index (χ1n) is 8.16. The second kappa shape index (κ2) is 10.6. The fraction of sp³-hybridized carbons (Fsp3) is 0.200. The number of amides is 1. The maximum absolute atomic E-state index is 12.0. The van der Waals surface area contributed by atoms with Gasteiger partial charge in [0.1, 0.15) is 5.75 Å². The van der Waals surface area contributed by atoms with Gasteiger partial charge in [-0.05, 0) is 42.8 Å². The van der Waals surface area contributed by atoms with Crippen molar-refractivity contribution in [3.63, 3.8) is 0 Å². The number of rotatable bonds is 9. The third-order valence-corrected chi connectivity index (χ3v) is 4.86. The zero-order valence-corrected chi connectivity index (χ0v) is 16.4. The topological polar surface area (TPSA) is 64.6 Å². The highest BCUT2D eigenvalue weighted by Crippen LogP contribution is 2.26. The van der Waals surface area contributed by atoms with Crippen LogP contribution in [0.3, 0.4) is 0 Å². The smallest absolute Gasteiger partial charge is 0.344 e. The van der Waals surface area contributed by atoms with Crippen molar-refractivity contribution in [1.82, 2.24) is 0 Å². The molecule has 1 amide bonds. The molecule has 27 heavy (non-hydrogen) atoms. The predicted octanol–water partition coefficient (Wildman–Crippen LogP) is 4.49. The molecule has 0 heterocycles. The van der Waals surface area contributed by atoms with Crippen molar-refractivity contribution >= 4 is 40.9 Å². The summed E-state index contributed by atoms with van der Waals surface area (Å²) < 4.78 is 10.3. The number of hydrogen-bond donors (Lipinski definition) is 1. The molecule has 0 aliphatic heterocycles. The molecule has 0 aromatic heterocycles. The van der Waals surface area contributed by atoms with Crippen LogP contribution in [0.2, 0.25) is 5.02 Å². The second-order valence-corrected chi connectivity index (χ2v) is 6.97. The molecule has 0 aliphatic rings. The van der Waals surface area contributed by atoms with Gasteiger partial charge in [-0.1, -0.05) is 29.8 Å². The molecule has 0 radical (unpaired) electrons. The maximum Gasteiger partial charge on any atom is 0.344 e. The Balaban J connectivity index is 1.78. The first kappa shape index (κ1) is 20.9. The van der Waals surface area contributed by atoms with E-state index in [4.69, 9.17) is 21.1 Å². The highest BCUT2D eigenvalue weighted by atomic mass is 35.5. The number of nitrogens with one attached hydrogen (secondary N) is 1. The van der Waals surface area contributed by atoms with E-state index in [1.807, 2.05) is 25.1 Å². The average Bonchev–Trinajstić information content (AvgIpc) is 2.66. The van der Waals surface area contributed by atoms with Gasteiger partial charge in [0.05, 0.1) is 5.69 Å². The van der Waals surface area contributed by atoms with E-state index in [2.05, 4.69) is 11.9 Å². The summed E-state index contributed by atoms with van der Waals surface area (Å²) in [5.74, 6) is 0.180. The number of esters is 1. The first-order valence-corrected chi connectivity index (χ1v) is 9.53. The van der Waals surface area contributed by atoms with E-state index >= 15 is 0 Å². The molecule has 0 atom stereocenters. The van der Waals surface area contributed by atoms with Crippen LogP contribution < -0.4 is 10.1 Å². The SMILES string of the molecule is C=CCSc1ccccc1NC(=O)COC(=O)COc1ccc(Cl)c(C)c1. The number of halogens is 1. The van der Waals surface area contributed by atoms with E-state index in [-0.39, 0.29) is 13.2 Å². The van der Waals surface area contributed by atoms with E-state index in [9.17, 15) is 9.59 Å². The number of benzene rings is 2. The number of thioether (sulfide) groups is 1. The molecule has 2 aromatic rings. The minimum atomic E-state index is -0.632. The Morgan fingerprint density at radius 3 is 2.74 bits per heavy atom. The van der Waals surface area contributed by atoms with Gasteiger partial charge < -0.3 is 14.8 Å². The molecular weight excluding hydrogens is 386 g/mol. The summed E-state index contributed by atoms with van der Waals surface area (Å²) in [6.07, 6.45) is 1.78. The summed E-state index contributed by atoms with van der Waals surface area (Å²) in [5.41, 5.74) is 1.51. The molecule has 7 heteroatoms. The van der Waals surface area contributed by atoms with Crippen molar-refractivity contribution in [3.05, 3.63) is 65.7 Å². The summed E-state index contributed by atoms with van der Waals surface area (Å²) in [6, 6.07) is 12.5. The standard InChI is InChI=1S/C20H20ClNO4S/c1-3-10-27-18-7-5-4-6-17(18)22-19(23)12-26-20(24)13-25-15-8-9-16(21)14(2)11-15/h3-9,11H,1,10,12-13H2,2H3,(H,22,23). The summed E-state index contributed by atoms with van der Waals surface area (Å²) in [6.45, 7) is 4.84. The number of para-hydroxylation sites is 1. The van der Waals surface area contributed by atoms with Crippen molar-refractivity contribution in [2.75, 3.05) is 24.3 Å². The minimum absolute atomic E-state index is 0.292. The number of ether oxygens (including phenoxy) is 2. The van der Waals surface area contributed by atoms with Crippen LogP contribution in [0.5, 0.6) is 5.75 Å². The van der Waals surface area contributed by atoms with Gasteiger partial charge in [-0.15, -0.1) is 18.3 Å². The Labute approximate surface area is 167 Å². The van der Waals surface area contributed by atoms with Gasteiger partial charge in [0.15, 0.2) is 13.2 Å². The Morgan fingerprint density at radius 1 is 1.22 bits per heavy atom. The maximum atomic E-state index is 12.0. The fourth-order valence-electron chi connectivity index (χ4n) is 2.07. The Bertz CT molecular complexity index is 825. The normalized spacial score (nSPS) is 10.1. The van der Waals surface area contributed by atoms with Crippen molar-refractivity contribution in [2.24, 2.45) is 0 Å². The monoisotopic (exact) mass is 405 g/mol. The molecule has 2 rings (SSSR count). The Hall–Kier alpha value is -2.44. The molecule has 0 aliphatic carbocycles. The molecule has 142 valence electrons. The molecule has 0 spiro atoms. The van der Waals surface area contributed by atoms with E-state index in [0.29, 0.717) is 16.5 Å². The lowest BCUT2D eigenvalue weighted by Gasteiger charge is -2.11. The lowest BCUT2D eigenvalue weighted by atomic mass is 10.2. The van der Waals surface area contributed by atoms with Crippen LogP contribution >= 0.6 is 23.4 Å². The van der Waals surface area contributed by atoms with Gasteiger partial charge in [-0.3, -0.25) is 4.79 Å². The molecule has 0 bridgehead atoms. The average molecular weight is 406 g/mol. The highest BCUT2D eigenvalue weighted by molar-refractivity contribution is 7.99. The van der Waals surface area contributed by atoms with Crippen molar-refractivity contribution < 1.29 is 19.1 Å². The number of anilines is 1. The first-order chi connectivity index (χ1) is 13.0. The molecule has 0 unspecified atom stereocenters. The number of aryl methyl sites for hydroxylation is 1. The van der Waals surface area contributed by atoms with Gasteiger partial charge in [-0.2, -0.15) is 0 Å². The van der Waals surface area contributed by atoms with Crippen molar-refractivity contribution in [1.29, 1.82) is 0 Å². The van der Waals surface area contributed by atoms with Gasteiger partial charge >= 0.3 is 5.97 Å². The molecule has 1 N–H and O–H groups in total. The lowest BCUT2D eigenvalue weighted by molar-refractivity contribution is -0.149. The molecular formula is C20H20ClNO4S. The predicted molar refractivity (Wildman–Crippen MR) is 109 cm³/mol. The zero-order valence-electron chi connectivity index (χ0n) is 14.9. The van der Waals surface area contributed by atoms with Gasteiger partial charge in [0.2, 0.25) is 0 Å². The van der Waals surface area contributed by atoms with E-state index < -0.39 is 11.9 Å². The summed E-state index contributed by atoms with van der Waals surface area (Å²) >= 11 is 7.49. The number of carbonyl (C=O) groups is 2. The molecule has 0 saturated carbocycles. The van der Waals surface area contributed by atoms with Crippen molar-refractivity contribution in [2.45, 2.75) is 11.8 Å². The van der Waals surface area contributed by atoms with Crippen LogP contribution in [0, 0.1) is 6.92 Å². The fourth-order valence-corrected chi connectivity index (χ4v) is 2.93. The third kappa shape index (κ3) is 7.00. The van der Waals surface area contributed by atoms with Crippen LogP contribution in [-0.4, -0.2) is 30.8 Å². The van der Waals surface area contributed by atoms with Gasteiger partial charge in [-0.25, -0.2) is 4.79 Å². The van der Waals surface area contributed by atoms with Crippen LogP contribution in [0.4, 0.5) is 5.69 Å². The van der Waals surface area contributed by atoms with Gasteiger partial charge in [0, 0.05) is 15.7 Å². The highest BCUT2D eigenvalue weighted by Gasteiger charge is 2.11. The number of carbonyl (C=O) groups excluding carboxylic acids is 2. The van der Waals surface area contributed by atoms with E-state index in [1.54, 1.807) is 42.1 Å². The van der Waals surface area contributed by atoms with Crippen LogP contribution in [-0.2, 0) is 14.3 Å². The molecule has 0 fully saturated rings. The Morgan fingerprint density at radius 2 is 2.00 bits per heavy atom. The quantitative estimate of drug-likeness (QED) is 0.378. The minimum Gasteiger partial charge on any atom is -0.482 e. The summed E-state index contributed by atoms with van der Waals surface area (Å²) in [5, 5.41) is 3.35. The molecule has 5 nitrogen and oxygen atoms in total. The molecule has 0 saturated heterocycles.